The van der Waals surface area contributed by atoms with Gasteiger partial charge in [-0.2, -0.15) is 0 Å². The van der Waals surface area contributed by atoms with Crippen LogP contribution in [0.25, 0.3) is 21.6 Å². The number of hydrogen-bond donors (Lipinski definition) is 0. The van der Waals surface area contributed by atoms with Gasteiger partial charge in [0.05, 0.1) is 15.4 Å². The fourth-order valence-corrected chi connectivity index (χ4v) is 3.86. The minimum atomic E-state index is 0.725. The Hall–Kier alpha value is -1.65. The van der Waals surface area contributed by atoms with Crippen LogP contribution in [0, 0.1) is 0 Å². The first-order valence-electron chi connectivity index (χ1n) is 7.08. The Morgan fingerprint density at radius 2 is 1.86 bits per heavy atom. The topological polar surface area (TPSA) is 29.0 Å². The lowest BCUT2D eigenvalue weighted by molar-refractivity contribution is 0.942. The average Bonchev–Trinajstić information content (AvgIpc) is 3.17. The molecule has 3 nitrogen and oxygen atoms in total. The summed E-state index contributed by atoms with van der Waals surface area (Å²) in [6.45, 7) is 2.14. The summed E-state index contributed by atoms with van der Waals surface area (Å²) < 4.78 is 0. The second-order valence-corrected chi connectivity index (χ2v) is 6.50. The second-order valence-electron chi connectivity index (χ2n) is 5.18. The van der Waals surface area contributed by atoms with Crippen molar-refractivity contribution in [2.24, 2.45) is 0 Å². The van der Waals surface area contributed by atoms with Crippen LogP contribution in [0.15, 0.2) is 35.7 Å². The van der Waals surface area contributed by atoms with Crippen molar-refractivity contribution in [1.29, 1.82) is 0 Å². The first kappa shape index (κ1) is 13.0. The van der Waals surface area contributed by atoms with Crippen molar-refractivity contribution in [1.82, 2.24) is 9.97 Å². The van der Waals surface area contributed by atoms with Crippen molar-refractivity contribution in [3.05, 3.63) is 40.7 Å². The van der Waals surface area contributed by atoms with E-state index in [9.17, 15) is 0 Å². The number of anilines is 1. The number of halogens is 1. The van der Waals surface area contributed by atoms with Gasteiger partial charge in [-0.3, -0.25) is 0 Å². The van der Waals surface area contributed by atoms with E-state index in [1.165, 1.54) is 12.8 Å². The maximum absolute atomic E-state index is 6.25. The van der Waals surface area contributed by atoms with Gasteiger partial charge in [-0.25, -0.2) is 9.97 Å². The SMILES string of the molecule is Clc1ccsc1-c1nc(N2CCCC2)c2ccccc2n1. The molecule has 1 aliphatic heterocycles. The lowest BCUT2D eigenvalue weighted by Crippen LogP contribution is -2.19. The van der Waals surface area contributed by atoms with Crippen molar-refractivity contribution >= 4 is 39.7 Å². The molecule has 0 aliphatic carbocycles. The molecule has 0 atom stereocenters. The van der Waals surface area contributed by atoms with Crippen LogP contribution in [0.5, 0.6) is 0 Å². The molecule has 0 saturated carbocycles. The maximum atomic E-state index is 6.25. The molecule has 1 fully saturated rings. The third-order valence-corrected chi connectivity index (χ3v) is 5.15. The molecule has 2 aromatic heterocycles. The van der Waals surface area contributed by atoms with Crippen molar-refractivity contribution in [3.8, 4) is 10.7 Å². The fraction of sp³-hybridized carbons (Fsp3) is 0.250. The molecular formula is C16H14ClN3S. The average molecular weight is 316 g/mol. The van der Waals surface area contributed by atoms with Crippen molar-refractivity contribution in [3.63, 3.8) is 0 Å². The summed E-state index contributed by atoms with van der Waals surface area (Å²) in [7, 11) is 0. The zero-order valence-corrected chi connectivity index (χ0v) is 13.0. The maximum Gasteiger partial charge on any atom is 0.173 e. The second kappa shape index (κ2) is 5.28. The van der Waals surface area contributed by atoms with Gasteiger partial charge in [0.1, 0.15) is 5.82 Å². The number of para-hydroxylation sites is 1. The lowest BCUT2D eigenvalue weighted by atomic mass is 10.2. The quantitative estimate of drug-likeness (QED) is 0.691. The van der Waals surface area contributed by atoms with Gasteiger partial charge in [0.25, 0.3) is 0 Å². The van der Waals surface area contributed by atoms with Crippen molar-refractivity contribution < 1.29 is 0 Å². The molecule has 1 aliphatic rings. The molecule has 3 aromatic rings. The van der Waals surface area contributed by atoms with Gasteiger partial charge in [-0.05, 0) is 36.4 Å². The van der Waals surface area contributed by atoms with Gasteiger partial charge in [0.15, 0.2) is 5.82 Å². The summed E-state index contributed by atoms with van der Waals surface area (Å²) in [4.78, 5) is 12.8. The van der Waals surface area contributed by atoms with E-state index in [1.807, 2.05) is 29.6 Å². The van der Waals surface area contributed by atoms with Crippen LogP contribution in [0.2, 0.25) is 5.02 Å². The van der Waals surface area contributed by atoms with Crippen LogP contribution < -0.4 is 4.90 Å². The fourth-order valence-electron chi connectivity index (χ4n) is 2.78. The third kappa shape index (κ3) is 2.28. The van der Waals surface area contributed by atoms with E-state index < -0.39 is 0 Å². The van der Waals surface area contributed by atoms with Crippen LogP contribution in [0.3, 0.4) is 0 Å². The molecule has 106 valence electrons. The Kier molecular flexibility index (Phi) is 3.28. The van der Waals surface area contributed by atoms with Crippen molar-refractivity contribution in [2.75, 3.05) is 18.0 Å². The molecule has 4 rings (SSSR count). The monoisotopic (exact) mass is 315 g/mol. The number of thiophene rings is 1. The molecule has 0 spiro atoms. The van der Waals surface area contributed by atoms with Gasteiger partial charge < -0.3 is 4.90 Å². The highest BCUT2D eigenvalue weighted by Crippen LogP contribution is 2.35. The van der Waals surface area contributed by atoms with E-state index in [0.717, 1.165) is 45.5 Å². The van der Waals surface area contributed by atoms with Crippen LogP contribution in [0.4, 0.5) is 5.82 Å². The zero-order valence-electron chi connectivity index (χ0n) is 11.4. The highest BCUT2D eigenvalue weighted by Gasteiger charge is 2.19. The highest BCUT2D eigenvalue weighted by atomic mass is 35.5. The molecule has 0 radical (unpaired) electrons. The lowest BCUT2D eigenvalue weighted by Gasteiger charge is -2.19. The molecule has 3 heterocycles. The van der Waals surface area contributed by atoms with Gasteiger partial charge >= 0.3 is 0 Å². The van der Waals surface area contributed by atoms with Crippen LogP contribution in [0.1, 0.15) is 12.8 Å². The summed E-state index contributed by atoms with van der Waals surface area (Å²) in [6, 6.07) is 10.1. The normalized spacial score (nSPS) is 15.0. The first-order valence-corrected chi connectivity index (χ1v) is 8.34. The molecule has 0 N–H and O–H groups in total. The number of nitrogens with zero attached hydrogens (tertiary/aromatic N) is 3. The minimum absolute atomic E-state index is 0.725. The largest absolute Gasteiger partial charge is 0.356 e. The summed E-state index contributed by atoms with van der Waals surface area (Å²) >= 11 is 7.84. The Morgan fingerprint density at radius 3 is 2.62 bits per heavy atom. The predicted octanol–water partition coefficient (Wildman–Crippen LogP) is 4.61. The summed E-state index contributed by atoms with van der Waals surface area (Å²) in [5, 5.41) is 3.82. The molecule has 1 saturated heterocycles. The molecule has 5 heteroatoms. The van der Waals surface area contributed by atoms with Crippen LogP contribution in [-0.4, -0.2) is 23.1 Å². The number of fused-ring (bicyclic) bond motifs is 1. The Balaban J connectivity index is 1.95. The van der Waals surface area contributed by atoms with E-state index in [2.05, 4.69) is 11.0 Å². The third-order valence-electron chi connectivity index (χ3n) is 3.81. The van der Waals surface area contributed by atoms with E-state index in [-0.39, 0.29) is 0 Å². The summed E-state index contributed by atoms with van der Waals surface area (Å²) in [6.07, 6.45) is 2.46. The summed E-state index contributed by atoms with van der Waals surface area (Å²) in [5.74, 6) is 1.77. The number of rotatable bonds is 2. The zero-order chi connectivity index (χ0) is 14.2. The molecule has 0 bridgehead atoms. The van der Waals surface area contributed by atoms with Gasteiger partial charge in [0, 0.05) is 18.5 Å². The number of benzene rings is 1. The van der Waals surface area contributed by atoms with Crippen LogP contribution in [-0.2, 0) is 0 Å². The molecule has 21 heavy (non-hydrogen) atoms. The molecule has 0 unspecified atom stereocenters. The van der Waals surface area contributed by atoms with Gasteiger partial charge in [-0.15, -0.1) is 11.3 Å². The molecule has 1 aromatic carbocycles. The highest BCUT2D eigenvalue weighted by molar-refractivity contribution is 7.14. The van der Waals surface area contributed by atoms with E-state index >= 15 is 0 Å². The smallest absolute Gasteiger partial charge is 0.173 e. The Labute approximate surface area is 132 Å². The number of aromatic nitrogens is 2. The number of hydrogen-bond acceptors (Lipinski definition) is 4. The first-order chi connectivity index (χ1) is 10.3. The molecular weight excluding hydrogens is 302 g/mol. The molecule has 0 amide bonds. The van der Waals surface area contributed by atoms with Gasteiger partial charge in [-0.1, -0.05) is 23.7 Å². The van der Waals surface area contributed by atoms with E-state index in [4.69, 9.17) is 21.6 Å². The van der Waals surface area contributed by atoms with E-state index in [0.29, 0.717) is 0 Å². The predicted molar refractivity (Wildman–Crippen MR) is 89.3 cm³/mol. The Morgan fingerprint density at radius 1 is 1.05 bits per heavy atom. The standard InChI is InChI=1S/C16H14ClN3S/c17-12-7-10-21-14(12)15-18-13-6-2-1-5-11(13)16(19-15)20-8-3-4-9-20/h1-2,5-7,10H,3-4,8-9H2. The minimum Gasteiger partial charge on any atom is -0.356 e. The van der Waals surface area contributed by atoms with Gasteiger partial charge in [0.2, 0.25) is 0 Å². The summed E-state index contributed by atoms with van der Waals surface area (Å²) in [5.41, 5.74) is 0.980. The van der Waals surface area contributed by atoms with Crippen LogP contribution >= 0.6 is 22.9 Å². The Bertz CT molecular complexity index is 793. The van der Waals surface area contributed by atoms with E-state index in [1.54, 1.807) is 11.3 Å². The van der Waals surface area contributed by atoms with Crippen molar-refractivity contribution in [2.45, 2.75) is 12.8 Å².